The molecule has 0 heterocycles. The summed E-state index contributed by atoms with van der Waals surface area (Å²) in [4.78, 5) is 72.9. The molecule has 0 aliphatic rings. The molecule has 0 rings (SSSR count). The predicted molar refractivity (Wildman–Crippen MR) is 395 cm³/mol. The SMILES string of the molecule is CCCCCC/C=C\C=C/CCCCCCCC(=O)O[C@H](COC(=O)CCCCCCCCCCCCCCC(C)C)COP(=O)(O)OC[C@@H](O)COP(=O)(O)OC[C@@H](COC(=O)CCCCCCCCCCC(C)CC)OC(=O)CCCCCCCCCCCCCCC(C)C. The molecule has 0 saturated heterocycles. The van der Waals surface area contributed by atoms with Crippen LogP contribution in [-0.2, 0) is 65.4 Å². The van der Waals surface area contributed by atoms with Crippen molar-refractivity contribution in [2.45, 2.75) is 394 Å². The summed E-state index contributed by atoms with van der Waals surface area (Å²) in [6.45, 7) is 11.9. The van der Waals surface area contributed by atoms with Gasteiger partial charge in [-0.15, -0.1) is 0 Å². The monoisotopic (exact) mass is 1420 g/mol. The van der Waals surface area contributed by atoms with Crippen LogP contribution in [0.4, 0.5) is 0 Å². The first kappa shape index (κ1) is 94.5. The van der Waals surface area contributed by atoms with E-state index in [0.717, 1.165) is 120 Å². The maximum absolute atomic E-state index is 13.1. The number of esters is 4. The third kappa shape index (κ3) is 70.4. The summed E-state index contributed by atoms with van der Waals surface area (Å²) in [6.07, 6.45) is 57.5. The molecule has 0 amide bonds. The van der Waals surface area contributed by atoms with E-state index in [1.807, 2.05) is 0 Å². The summed E-state index contributed by atoms with van der Waals surface area (Å²) >= 11 is 0. The lowest BCUT2D eigenvalue weighted by atomic mass is 9.99. The van der Waals surface area contributed by atoms with Gasteiger partial charge in [0.05, 0.1) is 26.4 Å². The number of carbonyl (C=O) groups is 4. The van der Waals surface area contributed by atoms with E-state index in [9.17, 15) is 43.2 Å². The van der Waals surface area contributed by atoms with Crippen molar-refractivity contribution in [3.05, 3.63) is 24.3 Å². The minimum Gasteiger partial charge on any atom is -0.462 e. The molecule has 0 aromatic rings. The van der Waals surface area contributed by atoms with E-state index < -0.39 is 97.5 Å². The number of unbranched alkanes of at least 4 members (excludes halogenated alkanes) is 38. The Hall–Kier alpha value is -2.46. The minimum absolute atomic E-state index is 0.0848. The van der Waals surface area contributed by atoms with Gasteiger partial charge in [0.25, 0.3) is 0 Å². The molecule has 0 aliphatic heterocycles. The van der Waals surface area contributed by atoms with Crippen LogP contribution in [0.25, 0.3) is 0 Å². The van der Waals surface area contributed by atoms with Crippen molar-refractivity contribution in [1.29, 1.82) is 0 Å². The van der Waals surface area contributed by atoms with Crippen LogP contribution >= 0.6 is 15.6 Å². The van der Waals surface area contributed by atoms with Gasteiger partial charge in [-0.1, -0.05) is 323 Å². The van der Waals surface area contributed by atoms with Crippen molar-refractivity contribution in [2.75, 3.05) is 39.6 Å². The molecule has 97 heavy (non-hydrogen) atoms. The highest BCUT2D eigenvalue weighted by atomic mass is 31.2. The molecule has 3 N–H and O–H groups in total. The third-order valence-corrected chi connectivity index (χ3v) is 19.8. The van der Waals surface area contributed by atoms with Gasteiger partial charge in [-0.05, 0) is 69.1 Å². The Kier molecular flexibility index (Phi) is 66.3. The molecule has 17 nitrogen and oxygen atoms in total. The molecule has 572 valence electrons. The lowest BCUT2D eigenvalue weighted by Crippen LogP contribution is -2.30. The van der Waals surface area contributed by atoms with Crippen LogP contribution in [0.15, 0.2) is 24.3 Å². The minimum atomic E-state index is -4.97. The fourth-order valence-corrected chi connectivity index (χ4v) is 13.0. The second kappa shape index (κ2) is 68.0. The third-order valence-electron chi connectivity index (χ3n) is 17.9. The average Bonchev–Trinajstić information content (AvgIpc) is 1.72. The number of carbonyl (C=O) groups excluding carboxylic acids is 4. The Morgan fingerprint density at radius 1 is 0.340 bits per heavy atom. The highest BCUT2D eigenvalue weighted by Crippen LogP contribution is 2.45. The lowest BCUT2D eigenvalue weighted by Gasteiger charge is -2.21. The van der Waals surface area contributed by atoms with Gasteiger partial charge in [0.1, 0.15) is 19.3 Å². The van der Waals surface area contributed by atoms with Crippen LogP contribution in [-0.4, -0.2) is 96.7 Å². The number of aliphatic hydroxyl groups excluding tert-OH is 1. The summed E-state index contributed by atoms with van der Waals surface area (Å²) in [6, 6.07) is 0. The van der Waals surface area contributed by atoms with Gasteiger partial charge < -0.3 is 33.8 Å². The molecule has 0 bridgehead atoms. The van der Waals surface area contributed by atoms with Crippen molar-refractivity contribution in [1.82, 2.24) is 0 Å². The average molecular weight is 1420 g/mol. The highest BCUT2D eigenvalue weighted by molar-refractivity contribution is 7.47. The predicted octanol–water partition coefficient (Wildman–Crippen LogP) is 22.5. The van der Waals surface area contributed by atoms with Crippen LogP contribution < -0.4 is 0 Å². The van der Waals surface area contributed by atoms with E-state index in [1.54, 1.807) is 0 Å². The van der Waals surface area contributed by atoms with E-state index in [1.165, 1.54) is 173 Å². The molecule has 0 saturated carbocycles. The van der Waals surface area contributed by atoms with Crippen molar-refractivity contribution in [3.8, 4) is 0 Å². The topological polar surface area (TPSA) is 237 Å². The summed E-state index contributed by atoms with van der Waals surface area (Å²) in [7, 11) is -9.93. The van der Waals surface area contributed by atoms with Gasteiger partial charge in [0, 0.05) is 25.7 Å². The molecule has 19 heteroatoms. The Morgan fingerprint density at radius 3 is 0.918 bits per heavy atom. The van der Waals surface area contributed by atoms with Gasteiger partial charge in [0.2, 0.25) is 0 Å². The molecule has 0 aromatic carbocycles. The van der Waals surface area contributed by atoms with Crippen LogP contribution in [0.5, 0.6) is 0 Å². The highest BCUT2D eigenvalue weighted by Gasteiger charge is 2.30. The zero-order chi connectivity index (χ0) is 71.6. The Bertz CT molecular complexity index is 1980. The Morgan fingerprint density at radius 2 is 0.608 bits per heavy atom. The molecule has 0 aliphatic carbocycles. The molecule has 0 spiro atoms. The van der Waals surface area contributed by atoms with E-state index in [-0.39, 0.29) is 25.7 Å². The standard InChI is InChI=1S/C78H148O17P2/c1-8-10-11-12-13-14-15-16-17-18-26-31-40-47-54-61-77(82)94-73(65-88-75(80)59-52-45-38-30-25-21-19-23-28-35-42-49-56-69(3)4)67-92-96(84,85)90-63-72(79)64-91-97(86,87)93-68-74(66-89-76(81)60-53-46-39-34-33-37-44-51-58-71(7)9-2)95-78(83)62-55-48-41-32-27-22-20-24-29-36-43-50-57-70(5)6/h14-17,69-74,79H,8-13,18-68H2,1-7H3,(H,84,85)(H,86,87)/b15-14-,17-16-/t71?,72-,73-,74-/m1/s1. The number of phosphoric acid groups is 2. The van der Waals surface area contributed by atoms with Gasteiger partial charge in [0.15, 0.2) is 12.2 Å². The zero-order valence-corrected chi connectivity index (χ0v) is 64.8. The van der Waals surface area contributed by atoms with Crippen molar-refractivity contribution in [2.24, 2.45) is 17.8 Å². The molecule has 0 fully saturated rings. The number of phosphoric ester groups is 2. The first-order chi connectivity index (χ1) is 46.8. The Labute approximate surface area is 592 Å². The zero-order valence-electron chi connectivity index (χ0n) is 63.0. The van der Waals surface area contributed by atoms with Gasteiger partial charge in [-0.2, -0.15) is 0 Å². The number of ether oxygens (including phenoxy) is 4. The van der Waals surface area contributed by atoms with Crippen LogP contribution in [0, 0.1) is 17.8 Å². The summed E-state index contributed by atoms with van der Waals surface area (Å²) in [5.74, 6) is 0.186. The number of aliphatic hydroxyl groups is 1. The second-order valence-corrected chi connectivity index (χ2v) is 31.5. The number of hydrogen-bond donors (Lipinski definition) is 3. The normalized spacial score (nSPS) is 14.5. The summed E-state index contributed by atoms with van der Waals surface area (Å²) < 4.78 is 68.6. The molecular formula is C78H148O17P2. The summed E-state index contributed by atoms with van der Waals surface area (Å²) in [5.41, 5.74) is 0. The number of allylic oxidation sites excluding steroid dienone is 4. The molecule has 0 radical (unpaired) electrons. The van der Waals surface area contributed by atoms with E-state index in [2.05, 4.69) is 72.8 Å². The molecule has 3 unspecified atom stereocenters. The summed E-state index contributed by atoms with van der Waals surface area (Å²) in [5, 5.41) is 10.6. The fraction of sp³-hybridized carbons (Fsp3) is 0.897. The maximum Gasteiger partial charge on any atom is 0.472 e. The number of hydrogen-bond acceptors (Lipinski definition) is 15. The maximum atomic E-state index is 13.1. The number of rotatable bonds is 74. The molecular weight excluding hydrogens is 1270 g/mol. The quantitative estimate of drug-likeness (QED) is 0.0169. The van der Waals surface area contributed by atoms with Crippen molar-refractivity contribution >= 4 is 39.5 Å². The first-order valence-corrected chi connectivity index (χ1v) is 42.7. The smallest absolute Gasteiger partial charge is 0.462 e. The van der Waals surface area contributed by atoms with Crippen LogP contribution in [0.3, 0.4) is 0 Å². The Balaban J connectivity index is 5.31. The van der Waals surface area contributed by atoms with Gasteiger partial charge in [-0.25, -0.2) is 9.13 Å². The van der Waals surface area contributed by atoms with Gasteiger partial charge >= 0.3 is 39.5 Å². The largest absolute Gasteiger partial charge is 0.472 e. The van der Waals surface area contributed by atoms with Crippen LogP contribution in [0.1, 0.15) is 376 Å². The lowest BCUT2D eigenvalue weighted by molar-refractivity contribution is -0.161. The van der Waals surface area contributed by atoms with E-state index >= 15 is 0 Å². The molecule has 6 atom stereocenters. The van der Waals surface area contributed by atoms with Crippen LogP contribution in [0.2, 0.25) is 0 Å². The molecule has 0 aromatic heterocycles. The van der Waals surface area contributed by atoms with Crippen molar-refractivity contribution < 1.29 is 80.2 Å². The first-order valence-electron chi connectivity index (χ1n) is 39.7. The van der Waals surface area contributed by atoms with E-state index in [4.69, 9.17) is 37.0 Å². The van der Waals surface area contributed by atoms with E-state index in [0.29, 0.717) is 25.7 Å². The van der Waals surface area contributed by atoms with Crippen molar-refractivity contribution in [3.63, 3.8) is 0 Å². The fourth-order valence-electron chi connectivity index (χ4n) is 11.4. The van der Waals surface area contributed by atoms with Gasteiger partial charge in [-0.3, -0.25) is 37.3 Å². The second-order valence-electron chi connectivity index (χ2n) is 28.6.